The molecule has 1 N–H and O–H groups in total. The largest absolute Gasteiger partial charge is 0.352 e. The van der Waals surface area contributed by atoms with E-state index < -0.39 is 0 Å². The second kappa shape index (κ2) is 6.59. The van der Waals surface area contributed by atoms with E-state index in [-0.39, 0.29) is 16.7 Å². The molecule has 1 unspecified atom stereocenters. The van der Waals surface area contributed by atoms with Gasteiger partial charge in [-0.2, -0.15) is 0 Å². The van der Waals surface area contributed by atoms with Crippen LogP contribution < -0.4 is 10.9 Å². The number of hydrogen-bond donors (Lipinski definition) is 1. The third-order valence-corrected chi connectivity index (χ3v) is 7.05. The first-order chi connectivity index (χ1) is 12.0. The summed E-state index contributed by atoms with van der Waals surface area (Å²) in [6, 6.07) is 4.32. The highest BCUT2D eigenvalue weighted by molar-refractivity contribution is 8.00. The Morgan fingerprint density at radius 2 is 2.24 bits per heavy atom. The number of hydrogen-bond acceptors (Lipinski definition) is 6. The van der Waals surface area contributed by atoms with Gasteiger partial charge in [0.1, 0.15) is 4.83 Å². The van der Waals surface area contributed by atoms with E-state index in [1.54, 1.807) is 23.0 Å². The summed E-state index contributed by atoms with van der Waals surface area (Å²) >= 11 is 4.42. The summed E-state index contributed by atoms with van der Waals surface area (Å²) < 4.78 is 1.55. The molecule has 8 heteroatoms. The van der Waals surface area contributed by atoms with E-state index in [4.69, 9.17) is 0 Å². The molecule has 3 heterocycles. The Labute approximate surface area is 157 Å². The Hall–Kier alpha value is -1.64. The molecule has 130 valence electrons. The fraction of sp³-hybridized carbons (Fsp3) is 0.353. The van der Waals surface area contributed by atoms with Gasteiger partial charge in [0.15, 0.2) is 5.16 Å². The average molecular weight is 392 g/mol. The van der Waals surface area contributed by atoms with Gasteiger partial charge in [-0.3, -0.25) is 14.2 Å². The molecule has 0 aliphatic heterocycles. The van der Waals surface area contributed by atoms with Crippen molar-refractivity contribution >= 4 is 50.6 Å². The molecule has 5 nitrogen and oxygen atoms in total. The average Bonchev–Trinajstić information content (AvgIpc) is 3.09. The van der Waals surface area contributed by atoms with Crippen LogP contribution in [0.4, 0.5) is 0 Å². The fourth-order valence-electron chi connectivity index (χ4n) is 2.53. The lowest BCUT2D eigenvalue weighted by Gasteiger charge is -2.13. The standard InChI is InChI=1S/C17H17N3O2S3/c1-9(14(21)18-10-5-6-10)25-17-19-15-13(16(22)20(17)2)11(8-24-15)12-4-3-7-23-12/h3-4,7-10H,5-6H2,1-2H3,(H,18,21). The number of nitrogens with zero attached hydrogens (tertiary/aromatic N) is 2. The van der Waals surface area contributed by atoms with Crippen molar-refractivity contribution in [2.24, 2.45) is 7.05 Å². The maximum Gasteiger partial charge on any atom is 0.263 e. The van der Waals surface area contributed by atoms with Gasteiger partial charge in [0.25, 0.3) is 5.56 Å². The second-order valence-electron chi connectivity index (χ2n) is 6.11. The van der Waals surface area contributed by atoms with Crippen molar-refractivity contribution in [3.8, 4) is 10.4 Å². The molecule has 1 fully saturated rings. The number of fused-ring (bicyclic) bond motifs is 1. The molecule has 1 atom stereocenters. The molecule has 0 bridgehead atoms. The second-order valence-corrected chi connectivity index (χ2v) is 9.22. The van der Waals surface area contributed by atoms with Gasteiger partial charge >= 0.3 is 0 Å². The molecule has 1 amide bonds. The minimum absolute atomic E-state index is 0.00676. The highest BCUT2D eigenvalue weighted by Gasteiger charge is 2.27. The highest BCUT2D eigenvalue weighted by atomic mass is 32.2. The first kappa shape index (κ1) is 16.8. The Morgan fingerprint density at radius 3 is 2.92 bits per heavy atom. The SMILES string of the molecule is CC(Sc1nc2scc(-c3cccs3)c2c(=O)n1C)C(=O)NC1CC1. The summed E-state index contributed by atoms with van der Waals surface area (Å²) in [5.74, 6) is 0.00676. The third-order valence-electron chi connectivity index (χ3n) is 4.14. The zero-order valence-electron chi connectivity index (χ0n) is 13.8. The summed E-state index contributed by atoms with van der Waals surface area (Å²) in [6.07, 6.45) is 2.12. The Kier molecular flexibility index (Phi) is 4.43. The van der Waals surface area contributed by atoms with Crippen LogP contribution in [0.15, 0.2) is 32.8 Å². The fourth-order valence-corrected chi connectivity index (χ4v) is 5.22. The topological polar surface area (TPSA) is 64.0 Å². The van der Waals surface area contributed by atoms with Crippen LogP contribution in [0.5, 0.6) is 0 Å². The van der Waals surface area contributed by atoms with Crippen LogP contribution in [0.2, 0.25) is 0 Å². The van der Waals surface area contributed by atoms with Crippen LogP contribution in [0, 0.1) is 0 Å². The van der Waals surface area contributed by atoms with E-state index in [9.17, 15) is 9.59 Å². The van der Waals surface area contributed by atoms with Crippen LogP contribution in [-0.2, 0) is 11.8 Å². The Morgan fingerprint density at radius 1 is 1.44 bits per heavy atom. The lowest BCUT2D eigenvalue weighted by molar-refractivity contribution is -0.120. The minimum Gasteiger partial charge on any atom is -0.352 e. The Balaban J connectivity index is 1.68. The summed E-state index contributed by atoms with van der Waals surface area (Å²) in [6.45, 7) is 1.85. The van der Waals surface area contributed by atoms with Gasteiger partial charge in [0, 0.05) is 28.9 Å². The molecule has 4 rings (SSSR count). The summed E-state index contributed by atoms with van der Waals surface area (Å²) in [5, 5.41) is 7.94. The van der Waals surface area contributed by atoms with Crippen molar-refractivity contribution in [2.45, 2.75) is 36.2 Å². The monoisotopic (exact) mass is 391 g/mol. The van der Waals surface area contributed by atoms with E-state index in [1.807, 2.05) is 29.8 Å². The molecule has 1 aliphatic carbocycles. The van der Waals surface area contributed by atoms with Crippen LogP contribution in [0.25, 0.3) is 20.7 Å². The van der Waals surface area contributed by atoms with Crippen molar-refractivity contribution in [1.82, 2.24) is 14.9 Å². The van der Waals surface area contributed by atoms with Crippen molar-refractivity contribution < 1.29 is 4.79 Å². The predicted molar refractivity (Wildman–Crippen MR) is 105 cm³/mol. The van der Waals surface area contributed by atoms with Crippen molar-refractivity contribution in [1.29, 1.82) is 0 Å². The van der Waals surface area contributed by atoms with Crippen LogP contribution in [0.1, 0.15) is 19.8 Å². The van der Waals surface area contributed by atoms with Crippen LogP contribution in [-0.4, -0.2) is 26.8 Å². The molecule has 0 radical (unpaired) electrons. The van der Waals surface area contributed by atoms with Crippen molar-refractivity contribution in [3.05, 3.63) is 33.2 Å². The number of thioether (sulfide) groups is 1. The van der Waals surface area contributed by atoms with Gasteiger partial charge < -0.3 is 5.32 Å². The third kappa shape index (κ3) is 3.26. The summed E-state index contributed by atoms with van der Waals surface area (Å²) in [5.41, 5.74) is 0.881. The normalized spacial score (nSPS) is 15.4. The van der Waals surface area contributed by atoms with E-state index in [1.165, 1.54) is 23.1 Å². The molecular formula is C17H17N3O2S3. The first-order valence-corrected chi connectivity index (χ1v) is 10.7. The maximum atomic E-state index is 12.9. The molecule has 0 saturated heterocycles. The van der Waals surface area contributed by atoms with Gasteiger partial charge in [-0.1, -0.05) is 17.8 Å². The first-order valence-electron chi connectivity index (χ1n) is 8.03. The molecule has 3 aromatic rings. The molecule has 25 heavy (non-hydrogen) atoms. The molecule has 3 aromatic heterocycles. The minimum atomic E-state index is -0.284. The predicted octanol–water partition coefficient (Wildman–Crippen LogP) is 3.48. The quantitative estimate of drug-likeness (QED) is 0.534. The molecule has 1 saturated carbocycles. The van der Waals surface area contributed by atoms with Crippen molar-refractivity contribution in [3.63, 3.8) is 0 Å². The Bertz CT molecular complexity index is 987. The molecular weight excluding hydrogens is 374 g/mol. The number of thiophene rings is 2. The summed E-state index contributed by atoms with van der Waals surface area (Å²) in [4.78, 5) is 31.5. The zero-order valence-corrected chi connectivity index (χ0v) is 16.3. The summed E-state index contributed by atoms with van der Waals surface area (Å²) in [7, 11) is 1.72. The van der Waals surface area contributed by atoms with Crippen LogP contribution in [0.3, 0.4) is 0 Å². The smallest absolute Gasteiger partial charge is 0.263 e. The van der Waals surface area contributed by atoms with E-state index in [0.29, 0.717) is 16.6 Å². The molecule has 0 aromatic carbocycles. The number of rotatable bonds is 5. The molecule has 1 aliphatic rings. The lowest BCUT2D eigenvalue weighted by atomic mass is 10.2. The number of aromatic nitrogens is 2. The van der Waals surface area contributed by atoms with E-state index in [0.717, 1.165) is 28.1 Å². The van der Waals surface area contributed by atoms with Gasteiger partial charge in [-0.15, -0.1) is 22.7 Å². The van der Waals surface area contributed by atoms with Gasteiger partial charge in [0.2, 0.25) is 5.91 Å². The number of nitrogens with one attached hydrogen (secondary N) is 1. The van der Waals surface area contributed by atoms with E-state index >= 15 is 0 Å². The molecule has 0 spiro atoms. The number of carbonyl (C=O) groups is 1. The van der Waals surface area contributed by atoms with Gasteiger partial charge in [-0.05, 0) is 31.2 Å². The highest BCUT2D eigenvalue weighted by Crippen LogP contribution is 2.34. The zero-order chi connectivity index (χ0) is 17.6. The van der Waals surface area contributed by atoms with Crippen LogP contribution >= 0.6 is 34.4 Å². The maximum absolute atomic E-state index is 12.9. The number of carbonyl (C=O) groups excluding carboxylic acids is 1. The van der Waals surface area contributed by atoms with Gasteiger partial charge in [0.05, 0.1) is 10.6 Å². The van der Waals surface area contributed by atoms with Gasteiger partial charge in [-0.25, -0.2) is 4.98 Å². The van der Waals surface area contributed by atoms with E-state index in [2.05, 4.69) is 10.3 Å². The number of amides is 1. The van der Waals surface area contributed by atoms with Crippen molar-refractivity contribution in [2.75, 3.05) is 0 Å². The lowest BCUT2D eigenvalue weighted by Crippen LogP contribution is -2.33.